The Morgan fingerprint density at radius 3 is 2.55 bits per heavy atom. The molecular formula is C13H15Cl2N3OS. The number of unbranched alkanes of at least 4 members (excludes halogenated alkanes) is 1. The number of ether oxygens (including phenoxy) is 1. The summed E-state index contributed by atoms with van der Waals surface area (Å²) in [5, 5.41) is 14.1. The highest BCUT2D eigenvalue weighted by Crippen LogP contribution is 2.24. The summed E-state index contributed by atoms with van der Waals surface area (Å²) in [5.41, 5.74) is 0. The molecule has 0 amide bonds. The number of benzene rings is 1. The van der Waals surface area contributed by atoms with Gasteiger partial charge in [-0.15, -0.1) is 10.2 Å². The molecule has 1 heterocycles. The fourth-order valence-corrected chi connectivity index (χ4v) is 2.88. The van der Waals surface area contributed by atoms with Crippen LogP contribution < -0.4 is 10.1 Å². The average Bonchev–Trinajstić information content (AvgIpc) is 2.85. The van der Waals surface area contributed by atoms with Gasteiger partial charge in [0.2, 0.25) is 5.13 Å². The van der Waals surface area contributed by atoms with Crippen LogP contribution >= 0.6 is 34.5 Å². The van der Waals surface area contributed by atoms with Crippen LogP contribution in [0.25, 0.3) is 0 Å². The maximum atomic E-state index is 5.90. The molecule has 0 spiro atoms. The number of nitrogens with one attached hydrogen (secondary N) is 1. The summed E-state index contributed by atoms with van der Waals surface area (Å²) in [6.07, 6.45) is 2.87. The summed E-state index contributed by atoms with van der Waals surface area (Å²) < 4.78 is 5.62. The molecule has 0 bridgehead atoms. The third-order valence-corrected chi connectivity index (χ3v) is 4.01. The smallest absolute Gasteiger partial charge is 0.205 e. The summed E-state index contributed by atoms with van der Waals surface area (Å²) in [4.78, 5) is 0. The predicted molar refractivity (Wildman–Crippen MR) is 84.4 cm³/mol. The Hall–Kier alpha value is -1.04. The Morgan fingerprint density at radius 2 is 1.90 bits per heavy atom. The third-order valence-electron chi connectivity index (χ3n) is 2.57. The molecule has 0 fully saturated rings. The van der Waals surface area contributed by atoms with Crippen LogP contribution in [0, 0.1) is 0 Å². The largest absolute Gasteiger partial charge is 0.493 e. The van der Waals surface area contributed by atoms with Gasteiger partial charge in [-0.2, -0.15) is 0 Å². The lowest BCUT2D eigenvalue weighted by atomic mass is 10.2. The zero-order chi connectivity index (χ0) is 14.4. The van der Waals surface area contributed by atoms with Crippen molar-refractivity contribution in [2.24, 2.45) is 0 Å². The zero-order valence-corrected chi connectivity index (χ0v) is 13.4. The first-order valence-electron chi connectivity index (χ1n) is 6.26. The van der Waals surface area contributed by atoms with E-state index in [4.69, 9.17) is 27.9 Å². The fraction of sp³-hybridized carbons (Fsp3) is 0.385. The Labute approximate surface area is 132 Å². The van der Waals surface area contributed by atoms with Crippen LogP contribution in [0.3, 0.4) is 0 Å². The maximum Gasteiger partial charge on any atom is 0.205 e. The van der Waals surface area contributed by atoms with E-state index in [2.05, 4.69) is 15.5 Å². The summed E-state index contributed by atoms with van der Waals surface area (Å²) in [6, 6.07) is 5.21. The van der Waals surface area contributed by atoms with Crippen LogP contribution in [0.5, 0.6) is 5.75 Å². The molecule has 0 aliphatic rings. The molecule has 2 aromatic rings. The second kappa shape index (κ2) is 7.67. The molecule has 1 N–H and O–H groups in total. The molecule has 0 saturated heterocycles. The van der Waals surface area contributed by atoms with Gasteiger partial charge in [0.1, 0.15) is 10.8 Å². The van der Waals surface area contributed by atoms with Crippen LogP contribution in [-0.4, -0.2) is 23.9 Å². The standard InChI is InChI=1S/C13H15Cl2N3OS/c1-16-13-18-17-12(20-13)4-2-3-5-19-11-7-9(14)6-10(15)8-11/h6-8H,2-5H2,1H3,(H,16,18). The van der Waals surface area contributed by atoms with Crippen molar-refractivity contribution >= 4 is 39.7 Å². The average molecular weight is 332 g/mol. The van der Waals surface area contributed by atoms with Crippen LogP contribution in [0.2, 0.25) is 10.0 Å². The van der Waals surface area contributed by atoms with E-state index in [0.29, 0.717) is 22.4 Å². The number of nitrogens with zero attached hydrogens (tertiary/aromatic N) is 2. The second-order valence-corrected chi connectivity index (χ2v) is 6.10. The lowest BCUT2D eigenvalue weighted by Gasteiger charge is -2.06. The molecule has 1 aromatic carbocycles. The van der Waals surface area contributed by atoms with Crippen molar-refractivity contribution in [1.29, 1.82) is 0 Å². The highest BCUT2D eigenvalue weighted by atomic mass is 35.5. The van der Waals surface area contributed by atoms with Crippen molar-refractivity contribution in [1.82, 2.24) is 10.2 Å². The lowest BCUT2D eigenvalue weighted by Crippen LogP contribution is -1.98. The van der Waals surface area contributed by atoms with Gasteiger partial charge in [-0.1, -0.05) is 34.5 Å². The summed E-state index contributed by atoms with van der Waals surface area (Å²) in [6.45, 7) is 0.633. The van der Waals surface area contributed by atoms with Gasteiger partial charge in [-0.25, -0.2) is 0 Å². The van der Waals surface area contributed by atoms with Gasteiger partial charge < -0.3 is 10.1 Å². The van der Waals surface area contributed by atoms with E-state index in [9.17, 15) is 0 Å². The molecule has 0 radical (unpaired) electrons. The number of halogens is 2. The fourth-order valence-electron chi connectivity index (χ4n) is 1.64. The van der Waals surface area contributed by atoms with E-state index in [1.165, 1.54) is 0 Å². The zero-order valence-electron chi connectivity index (χ0n) is 11.0. The van der Waals surface area contributed by atoms with E-state index in [-0.39, 0.29) is 0 Å². The van der Waals surface area contributed by atoms with E-state index < -0.39 is 0 Å². The molecule has 0 unspecified atom stereocenters. The molecule has 0 aliphatic heterocycles. The number of anilines is 1. The number of aromatic nitrogens is 2. The lowest BCUT2D eigenvalue weighted by molar-refractivity contribution is 0.307. The first kappa shape index (κ1) is 15.4. The van der Waals surface area contributed by atoms with E-state index in [1.807, 2.05) is 7.05 Å². The van der Waals surface area contributed by atoms with E-state index >= 15 is 0 Å². The van der Waals surface area contributed by atoms with Crippen molar-refractivity contribution in [3.8, 4) is 5.75 Å². The molecule has 0 atom stereocenters. The summed E-state index contributed by atoms with van der Waals surface area (Å²) in [5.74, 6) is 0.705. The molecule has 1 aromatic heterocycles. The minimum atomic E-state index is 0.584. The van der Waals surface area contributed by atoms with Crippen LogP contribution in [0.4, 0.5) is 5.13 Å². The normalized spacial score (nSPS) is 10.6. The first-order chi connectivity index (χ1) is 9.67. The minimum Gasteiger partial charge on any atom is -0.493 e. The van der Waals surface area contributed by atoms with Gasteiger partial charge in [-0.3, -0.25) is 0 Å². The number of hydrogen-bond donors (Lipinski definition) is 1. The molecule has 4 nitrogen and oxygen atoms in total. The van der Waals surface area contributed by atoms with Gasteiger partial charge >= 0.3 is 0 Å². The molecule has 0 saturated carbocycles. The molecule has 20 heavy (non-hydrogen) atoms. The van der Waals surface area contributed by atoms with Crippen molar-refractivity contribution in [2.75, 3.05) is 19.0 Å². The molecule has 2 rings (SSSR count). The van der Waals surface area contributed by atoms with Gasteiger partial charge in [0.05, 0.1) is 6.61 Å². The highest BCUT2D eigenvalue weighted by Gasteiger charge is 2.03. The monoisotopic (exact) mass is 331 g/mol. The summed E-state index contributed by atoms with van der Waals surface area (Å²) >= 11 is 13.4. The summed E-state index contributed by atoms with van der Waals surface area (Å²) in [7, 11) is 1.84. The topological polar surface area (TPSA) is 47.0 Å². The maximum absolute atomic E-state index is 5.90. The van der Waals surface area contributed by atoms with Crippen molar-refractivity contribution in [2.45, 2.75) is 19.3 Å². The van der Waals surface area contributed by atoms with Crippen LogP contribution in [0.1, 0.15) is 17.8 Å². The van der Waals surface area contributed by atoms with Crippen molar-refractivity contribution in [3.05, 3.63) is 33.3 Å². The predicted octanol–water partition coefficient (Wildman–Crippen LogP) is 4.29. The van der Waals surface area contributed by atoms with Crippen LogP contribution in [-0.2, 0) is 6.42 Å². The van der Waals surface area contributed by atoms with Crippen molar-refractivity contribution in [3.63, 3.8) is 0 Å². The molecular weight excluding hydrogens is 317 g/mol. The third kappa shape index (κ3) is 4.81. The second-order valence-electron chi connectivity index (χ2n) is 4.16. The number of rotatable bonds is 7. The quantitative estimate of drug-likeness (QED) is 0.769. The van der Waals surface area contributed by atoms with E-state index in [0.717, 1.165) is 29.4 Å². The molecule has 7 heteroatoms. The van der Waals surface area contributed by atoms with Gasteiger partial charge in [0, 0.05) is 23.5 Å². The Balaban J connectivity index is 1.68. The Kier molecular flexibility index (Phi) is 5.88. The first-order valence-corrected chi connectivity index (χ1v) is 7.83. The Bertz CT molecular complexity index is 542. The molecule has 108 valence electrons. The van der Waals surface area contributed by atoms with Gasteiger partial charge in [-0.05, 0) is 31.0 Å². The Morgan fingerprint density at radius 1 is 1.15 bits per heavy atom. The van der Waals surface area contributed by atoms with Gasteiger partial charge in [0.15, 0.2) is 0 Å². The van der Waals surface area contributed by atoms with Crippen LogP contribution in [0.15, 0.2) is 18.2 Å². The van der Waals surface area contributed by atoms with Gasteiger partial charge in [0.25, 0.3) is 0 Å². The molecule has 0 aliphatic carbocycles. The minimum absolute atomic E-state index is 0.584. The van der Waals surface area contributed by atoms with Crippen molar-refractivity contribution < 1.29 is 4.74 Å². The highest BCUT2D eigenvalue weighted by molar-refractivity contribution is 7.15. The SMILES string of the molecule is CNc1nnc(CCCCOc2cc(Cl)cc(Cl)c2)s1. The number of aryl methyl sites for hydroxylation is 1. The number of hydrogen-bond acceptors (Lipinski definition) is 5. The van der Waals surface area contributed by atoms with E-state index in [1.54, 1.807) is 29.5 Å².